The fourth-order valence-electron chi connectivity index (χ4n) is 3.05. The van der Waals surface area contributed by atoms with Gasteiger partial charge in [-0.2, -0.15) is 0 Å². The molecule has 0 unspecified atom stereocenters. The molecule has 7 heteroatoms. The van der Waals surface area contributed by atoms with Gasteiger partial charge in [0.2, 0.25) is 10.0 Å². The molecule has 21 heavy (non-hydrogen) atoms. The fourth-order valence-corrected chi connectivity index (χ4v) is 4.18. The molecule has 2 heterocycles. The Kier molecular flexibility index (Phi) is 6.02. The van der Waals surface area contributed by atoms with Crippen LogP contribution in [0.25, 0.3) is 0 Å². The lowest BCUT2D eigenvalue weighted by Gasteiger charge is -2.38. The molecule has 0 bridgehead atoms. The summed E-state index contributed by atoms with van der Waals surface area (Å²) in [7, 11) is -1.27. The summed E-state index contributed by atoms with van der Waals surface area (Å²) in [5, 5.41) is 3.57. The number of methoxy groups -OCH3 is 1. The van der Waals surface area contributed by atoms with E-state index in [1.54, 1.807) is 18.3 Å². The zero-order valence-electron chi connectivity index (χ0n) is 13.1. The molecule has 0 spiro atoms. The normalized spacial score (nSPS) is 25.0. The van der Waals surface area contributed by atoms with Gasteiger partial charge in [-0.25, -0.2) is 12.7 Å². The van der Waals surface area contributed by atoms with Crippen LogP contribution in [0.4, 0.5) is 0 Å². The Morgan fingerprint density at radius 1 is 1.29 bits per heavy atom. The lowest BCUT2D eigenvalue weighted by Crippen LogP contribution is -2.52. The van der Waals surface area contributed by atoms with E-state index in [4.69, 9.17) is 9.47 Å². The second kappa shape index (κ2) is 7.37. The van der Waals surface area contributed by atoms with Gasteiger partial charge < -0.3 is 14.8 Å². The van der Waals surface area contributed by atoms with Gasteiger partial charge in [0.15, 0.2) is 0 Å². The van der Waals surface area contributed by atoms with E-state index in [0.717, 1.165) is 45.4 Å². The van der Waals surface area contributed by atoms with Gasteiger partial charge in [0.1, 0.15) is 0 Å². The van der Waals surface area contributed by atoms with Crippen molar-refractivity contribution >= 4 is 10.0 Å². The minimum Gasteiger partial charge on any atom is -0.381 e. The molecule has 124 valence electrons. The molecule has 0 aromatic carbocycles. The van der Waals surface area contributed by atoms with E-state index in [9.17, 15) is 8.42 Å². The largest absolute Gasteiger partial charge is 0.381 e. The Hall–Kier alpha value is -0.210. The summed E-state index contributed by atoms with van der Waals surface area (Å²) in [6, 6.07) is 0.378. The van der Waals surface area contributed by atoms with Crippen LogP contribution in [0.2, 0.25) is 0 Å². The Labute approximate surface area is 128 Å². The molecule has 0 atom stereocenters. The number of nitrogens with one attached hydrogen (secondary N) is 1. The zero-order valence-corrected chi connectivity index (χ0v) is 14.0. The summed E-state index contributed by atoms with van der Waals surface area (Å²) < 4.78 is 36.4. The van der Waals surface area contributed by atoms with Gasteiger partial charge >= 0.3 is 0 Å². The molecule has 6 nitrogen and oxygen atoms in total. The highest BCUT2D eigenvalue weighted by atomic mass is 32.2. The van der Waals surface area contributed by atoms with Crippen LogP contribution >= 0.6 is 0 Å². The van der Waals surface area contributed by atoms with Gasteiger partial charge in [-0.3, -0.25) is 0 Å². The van der Waals surface area contributed by atoms with Crippen LogP contribution in [0.3, 0.4) is 0 Å². The zero-order chi connectivity index (χ0) is 15.3. The van der Waals surface area contributed by atoms with Gasteiger partial charge in [-0.05, 0) is 19.8 Å². The average Bonchev–Trinajstić information content (AvgIpc) is 2.54. The molecule has 0 aromatic heterocycles. The molecule has 0 amide bonds. The van der Waals surface area contributed by atoms with Gasteiger partial charge in [0.25, 0.3) is 0 Å². The maximum absolute atomic E-state index is 11.8. The summed E-state index contributed by atoms with van der Waals surface area (Å²) in [6.07, 6.45) is 3.57. The molecule has 2 saturated heterocycles. The van der Waals surface area contributed by atoms with Crippen molar-refractivity contribution in [3.63, 3.8) is 0 Å². The summed E-state index contributed by atoms with van der Waals surface area (Å²) in [5.41, 5.74) is -0.120. The van der Waals surface area contributed by atoms with E-state index < -0.39 is 10.0 Å². The van der Waals surface area contributed by atoms with Gasteiger partial charge in [-0.1, -0.05) is 0 Å². The highest BCUT2D eigenvalue weighted by molar-refractivity contribution is 7.89. The van der Waals surface area contributed by atoms with E-state index >= 15 is 0 Å². The van der Waals surface area contributed by atoms with Crippen molar-refractivity contribution in [1.82, 2.24) is 9.62 Å². The first kappa shape index (κ1) is 17.1. The van der Waals surface area contributed by atoms with Crippen molar-refractivity contribution in [1.29, 1.82) is 0 Å². The molecule has 2 rings (SSSR count). The highest BCUT2D eigenvalue weighted by Gasteiger charge is 2.34. The Morgan fingerprint density at radius 2 is 1.90 bits per heavy atom. The monoisotopic (exact) mass is 320 g/mol. The molecular formula is C14H28N2O4S. The molecule has 2 aliphatic rings. The van der Waals surface area contributed by atoms with Crippen molar-refractivity contribution in [2.24, 2.45) is 0 Å². The smallest absolute Gasteiger partial charge is 0.213 e. The van der Waals surface area contributed by atoms with Gasteiger partial charge in [-0.15, -0.1) is 0 Å². The number of hydrogen-bond donors (Lipinski definition) is 1. The molecule has 0 radical (unpaired) electrons. The lowest BCUT2D eigenvalue weighted by atomic mass is 9.93. The summed E-state index contributed by atoms with van der Waals surface area (Å²) in [4.78, 5) is 0. The summed E-state index contributed by atoms with van der Waals surface area (Å²) in [5.74, 6) is 0.192. The second-order valence-corrected chi connectivity index (χ2v) is 8.21. The number of nitrogens with zero attached hydrogens (tertiary/aromatic N) is 1. The number of ether oxygens (including phenoxy) is 2. The highest BCUT2D eigenvalue weighted by Crippen LogP contribution is 2.24. The van der Waals surface area contributed by atoms with E-state index in [2.05, 4.69) is 5.32 Å². The first-order valence-corrected chi connectivity index (χ1v) is 9.46. The van der Waals surface area contributed by atoms with Gasteiger partial charge in [0, 0.05) is 58.8 Å². The van der Waals surface area contributed by atoms with E-state index in [0.29, 0.717) is 19.1 Å². The van der Waals surface area contributed by atoms with E-state index in [1.165, 1.54) is 0 Å². The Morgan fingerprint density at radius 3 is 2.43 bits per heavy atom. The van der Waals surface area contributed by atoms with Crippen molar-refractivity contribution in [2.45, 2.75) is 44.2 Å². The van der Waals surface area contributed by atoms with Crippen molar-refractivity contribution < 1.29 is 17.9 Å². The predicted molar refractivity (Wildman–Crippen MR) is 81.9 cm³/mol. The molecule has 0 aromatic rings. The topological polar surface area (TPSA) is 67.9 Å². The SMILES string of the molecule is CCS(=O)(=O)N1CCC(NCC2(OC)CCOCC2)CC1. The summed E-state index contributed by atoms with van der Waals surface area (Å²) >= 11 is 0. The first-order chi connectivity index (χ1) is 10.0. The lowest BCUT2D eigenvalue weighted by molar-refractivity contribution is -0.0890. The predicted octanol–water partition coefficient (Wildman–Crippen LogP) is 0.586. The van der Waals surface area contributed by atoms with E-state index in [-0.39, 0.29) is 11.4 Å². The Balaban J connectivity index is 1.78. The minimum atomic E-state index is -3.03. The van der Waals surface area contributed by atoms with Gasteiger partial charge in [0.05, 0.1) is 11.4 Å². The van der Waals surface area contributed by atoms with E-state index in [1.807, 2.05) is 0 Å². The first-order valence-electron chi connectivity index (χ1n) is 7.85. The van der Waals surface area contributed by atoms with Crippen LogP contribution < -0.4 is 5.32 Å². The fraction of sp³-hybridized carbons (Fsp3) is 1.00. The van der Waals surface area contributed by atoms with Crippen LogP contribution in [0.5, 0.6) is 0 Å². The summed E-state index contributed by atoms with van der Waals surface area (Å²) in [6.45, 7) is 5.27. The van der Waals surface area contributed by atoms with Crippen molar-refractivity contribution in [2.75, 3.05) is 45.7 Å². The number of piperidine rings is 1. The molecule has 0 aliphatic carbocycles. The molecule has 0 saturated carbocycles. The number of sulfonamides is 1. The van der Waals surface area contributed by atoms with Crippen LogP contribution in [0.1, 0.15) is 32.6 Å². The molecule has 1 N–H and O–H groups in total. The molecule has 2 fully saturated rings. The molecular weight excluding hydrogens is 292 g/mol. The van der Waals surface area contributed by atoms with Crippen LogP contribution in [0.15, 0.2) is 0 Å². The van der Waals surface area contributed by atoms with Crippen molar-refractivity contribution in [3.8, 4) is 0 Å². The van der Waals surface area contributed by atoms with Crippen LogP contribution in [0, 0.1) is 0 Å². The van der Waals surface area contributed by atoms with Crippen LogP contribution in [-0.4, -0.2) is 70.1 Å². The third-order valence-electron chi connectivity index (χ3n) is 4.76. The number of rotatable bonds is 6. The maximum atomic E-state index is 11.8. The third-order valence-corrected chi connectivity index (χ3v) is 6.64. The minimum absolute atomic E-state index is 0.120. The maximum Gasteiger partial charge on any atom is 0.213 e. The Bertz CT molecular complexity index is 413. The third kappa shape index (κ3) is 4.39. The van der Waals surface area contributed by atoms with Crippen molar-refractivity contribution in [3.05, 3.63) is 0 Å². The standard InChI is InChI=1S/C14H28N2O4S/c1-3-21(17,18)16-8-4-13(5-9-16)15-12-14(19-2)6-10-20-11-7-14/h13,15H,3-12H2,1-2H3. The number of hydrogen-bond acceptors (Lipinski definition) is 5. The average molecular weight is 320 g/mol. The quantitative estimate of drug-likeness (QED) is 0.776. The van der Waals surface area contributed by atoms with Crippen LogP contribution in [-0.2, 0) is 19.5 Å². The second-order valence-electron chi connectivity index (χ2n) is 5.95. The molecule has 2 aliphatic heterocycles.